The van der Waals surface area contributed by atoms with Gasteiger partial charge in [0.1, 0.15) is 23.7 Å². The van der Waals surface area contributed by atoms with Crippen molar-refractivity contribution in [3.63, 3.8) is 0 Å². The van der Waals surface area contributed by atoms with Gasteiger partial charge in [-0.3, -0.25) is 9.59 Å². The number of nitriles is 1. The average molecular weight is 424 g/mol. The molecule has 4 heterocycles. The number of fused-ring (bicyclic) bond motifs is 2. The molecule has 12 heteroatoms. The number of amides is 1. The van der Waals surface area contributed by atoms with Gasteiger partial charge in [0.05, 0.1) is 12.1 Å². The Morgan fingerprint density at radius 3 is 2.63 bits per heavy atom. The van der Waals surface area contributed by atoms with Gasteiger partial charge in [-0.2, -0.15) is 18.4 Å². The molecule has 1 amide bonds. The molecule has 0 aliphatic carbocycles. The van der Waals surface area contributed by atoms with Gasteiger partial charge in [-0.25, -0.2) is 4.79 Å². The van der Waals surface area contributed by atoms with E-state index < -0.39 is 12.1 Å². The molecule has 0 fully saturated rings. The Morgan fingerprint density at radius 1 is 1.30 bits per heavy atom. The van der Waals surface area contributed by atoms with Gasteiger partial charge in [0, 0.05) is 37.3 Å². The first-order chi connectivity index (χ1) is 14.1. The molecule has 2 aromatic heterocycles. The fourth-order valence-electron chi connectivity index (χ4n) is 3.18. The van der Waals surface area contributed by atoms with Crippen LogP contribution < -0.4 is 10.9 Å². The SMILES string of the molecule is N#Cc1cc2c([nH]c1=O)CCN(C(=O)c1coc3c1CNC3)C2.O=C(O)C(F)(F)F. The van der Waals surface area contributed by atoms with Crippen molar-refractivity contribution in [2.24, 2.45) is 0 Å². The number of aromatic nitrogens is 1. The van der Waals surface area contributed by atoms with Gasteiger partial charge in [0.2, 0.25) is 0 Å². The summed E-state index contributed by atoms with van der Waals surface area (Å²) in [5, 5.41) is 19.3. The number of aromatic amines is 1. The molecule has 0 saturated carbocycles. The number of nitrogens with one attached hydrogen (secondary N) is 2. The fourth-order valence-corrected chi connectivity index (χ4v) is 3.18. The van der Waals surface area contributed by atoms with Crippen LogP contribution in [0, 0.1) is 11.3 Å². The van der Waals surface area contributed by atoms with E-state index >= 15 is 0 Å². The van der Waals surface area contributed by atoms with Gasteiger partial charge in [0.15, 0.2) is 0 Å². The lowest BCUT2D eigenvalue weighted by molar-refractivity contribution is -0.192. The molecule has 0 spiro atoms. The lowest BCUT2D eigenvalue weighted by Crippen LogP contribution is -2.37. The Kier molecular flexibility index (Phi) is 5.66. The number of carboxylic acid groups (broad SMARTS) is 1. The molecule has 30 heavy (non-hydrogen) atoms. The van der Waals surface area contributed by atoms with Crippen LogP contribution in [-0.2, 0) is 30.8 Å². The molecule has 9 nitrogen and oxygen atoms in total. The van der Waals surface area contributed by atoms with E-state index in [9.17, 15) is 22.8 Å². The van der Waals surface area contributed by atoms with Crippen LogP contribution in [0.2, 0.25) is 0 Å². The van der Waals surface area contributed by atoms with Crippen molar-refractivity contribution in [2.45, 2.75) is 32.2 Å². The van der Waals surface area contributed by atoms with Crippen LogP contribution in [0.3, 0.4) is 0 Å². The average Bonchev–Trinajstić information content (AvgIpc) is 3.30. The molecule has 0 aromatic carbocycles. The normalized spacial score (nSPS) is 14.8. The zero-order valence-corrected chi connectivity index (χ0v) is 15.3. The molecule has 2 aliphatic heterocycles. The third kappa shape index (κ3) is 4.20. The summed E-state index contributed by atoms with van der Waals surface area (Å²) in [6, 6.07) is 3.46. The molecular formula is C18H15F3N4O5. The van der Waals surface area contributed by atoms with Gasteiger partial charge >= 0.3 is 12.1 Å². The molecule has 0 unspecified atom stereocenters. The standard InChI is InChI=1S/C16H14N4O3.C2HF3O2/c17-4-9-3-10-7-20(2-1-13(10)19-15(9)21)16(22)12-8-23-14-6-18-5-11(12)14;3-2(4,5)1(6)7/h3,8,18H,1-2,5-7H2,(H,19,21);(H,6,7). The van der Waals surface area contributed by atoms with Crippen molar-refractivity contribution in [2.75, 3.05) is 6.54 Å². The summed E-state index contributed by atoms with van der Waals surface area (Å²) >= 11 is 0. The van der Waals surface area contributed by atoms with Gasteiger partial charge < -0.3 is 24.7 Å². The number of carbonyl (C=O) groups excluding carboxylic acids is 1. The molecule has 0 bridgehead atoms. The number of hydrogen-bond donors (Lipinski definition) is 3. The van der Waals surface area contributed by atoms with E-state index in [0.717, 1.165) is 22.6 Å². The van der Waals surface area contributed by atoms with Crippen LogP contribution in [0.1, 0.15) is 38.5 Å². The number of nitrogens with zero attached hydrogens (tertiary/aromatic N) is 2. The Labute approximate surface area is 166 Å². The number of carbonyl (C=O) groups is 2. The van der Waals surface area contributed by atoms with Crippen LogP contribution in [0.15, 0.2) is 21.5 Å². The number of aliphatic carboxylic acids is 1. The van der Waals surface area contributed by atoms with Crippen molar-refractivity contribution >= 4 is 11.9 Å². The largest absolute Gasteiger partial charge is 0.490 e. The molecular weight excluding hydrogens is 409 g/mol. The maximum Gasteiger partial charge on any atom is 0.490 e. The highest BCUT2D eigenvalue weighted by Crippen LogP contribution is 2.25. The van der Waals surface area contributed by atoms with E-state index in [2.05, 4.69) is 10.3 Å². The Balaban J connectivity index is 0.000000318. The second-order valence-corrected chi connectivity index (χ2v) is 6.56. The number of hydrogen-bond acceptors (Lipinski definition) is 6. The molecule has 2 aromatic rings. The second kappa shape index (κ2) is 8.03. The number of rotatable bonds is 1. The number of H-pyrrole nitrogens is 1. The first kappa shape index (κ1) is 21.1. The second-order valence-electron chi connectivity index (χ2n) is 6.56. The van der Waals surface area contributed by atoms with Gasteiger partial charge in [0.25, 0.3) is 11.5 Å². The summed E-state index contributed by atoms with van der Waals surface area (Å²) in [5.41, 5.74) is 2.85. The van der Waals surface area contributed by atoms with E-state index in [1.165, 1.54) is 6.26 Å². The fraction of sp³-hybridized carbons (Fsp3) is 0.333. The van der Waals surface area contributed by atoms with E-state index in [4.69, 9.17) is 19.6 Å². The number of furan rings is 1. The topological polar surface area (TPSA) is 139 Å². The number of halogens is 3. The van der Waals surface area contributed by atoms with Gasteiger partial charge in [-0.1, -0.05) is 0 Å². The third-order valence-corrected chi connectivity index (χ3v) is 4.66. The van der Waals surface area contributed by atoms with E-state index in [1.54, 1.807) is 11.0 Å². The predicted octanol–water partition coefficient (Wildman–Crippen LogP) is 1.27. The minimum Gasteiger partial charge on any atom is -0.475 e. The summed E-state index contributed by atoms with van der Waals surface area (Å²) in [7, 11) is 0. The Bertz CT molecular complexity index is 1100. The van der Waals surface area contributed by atoms with Crippen LogP contribution in [0.4, 0.5) is 13.2 Å². The van der Waals surface area contributed by atoms with E-state index in [-0.39, 0.29) is 17.0 Å². The molecule has 158 valence electrons. The monoisotopic (exact) mass is 424 g/mol. The van der Waals surface area contributed by atoms with Crippen molar-refractivity contribution in [3.8, 4) is 6.07 Å². The maximum atomic E-state index is 12.8. The van der Waals surface area contributed by atoms with Crippen molar-refractivity contribution < 1.29 is 32.3 Å². The number of alkyl halides is 3. The Morgan fingerprint density at radius 2 is 2.00 bits per heavy atom. The summed E-state index contributed by atoms with van der Waals surface area (Å²) in [6.45, 7) is 2.20. The minimum absolute atomic E-state index is 0.0749. The van der Waals surface area contributed by atoms with Crippen molar-refractivity contribution in [1.29, 1.82) is 5.26 Å². The zero-order chi connectivity index (χ0) is 22.1. The highest BCUT2D eigenvalue weighted by molar-refractivity contribution is 5.96. The van der Waals surface area contributed by atoms with E-state index in [0.29, 0.717) is 38.2 Å². The summed E-state index contributed by atoms with van der Waals surface area (Å²) in [4.78, 5) is 37.8. The molecule has 0 radical (unpaired) electrons. The molecule has 3 N–H and O–H groups in total. The van der Waals surface area contributed by atoms with E-state index in [1.807, 2.05) is 6.07 Å². The minimum atomic E-state index is -5.08. The van der Waals surface area contributed by atoms with Crippen LogP contribution >= 0.6 is 0 Å². The first-order valence-corrected chi connectivity index (χ1v) is 8.66. The van der Waals surface area contributed by atoms with Crippen LogP contribution in [0.25, 0.3) is 0 Å². The third-order valence-electron chi connectivity index (χ3n) is 4.66. The summed E-state index contributed by atoms with van der Waals surface area (Å²) in [6.07, 6.45) is -2.99. The van der Waals surface area contributed by atoms with Gasteiger partial charge in [-0.05, 0) is 11.6 Å². The lowest BCUT2D eigenvalue weighted by Gasteiger charge is -2.28. The van der Waals surface area contributed by atoms with Crippen LogP contribution in [0.5, 0.6) is 0 Å². The molecule has 2 aliphatic rings. The van der Waals surface area contributed by atoms with Crippen LogP contribution in [-0.4, -0.2) is 39.6 Å². The smallest absolute Gasteiger partial charge is 0.475 e. The lowest BCUT2D eigenvalue weighted by atomic mass is 10.0. The highest BCUT2D eigenvalue weighted by atomic mass is 19.4. The first-order valence-electron chi connectivity index (χ1n) is 8.66. The molecule has 0 saturated heterocycles. The van der Waals surface area contributed by atoms with Gasteiger partial charge in [-0.15, -0.1) is 0 Å². The molecule has 4 rings (SSSR count). The van der Waals surface area contributed by atoms with Crippen molar-refractivity contribution in [3.05, 3.63) is 56.4 Å². The maximum absolute atomic E-state index is 12.8. The zero-order valence-electron chi connectivity index (χ0n) is 15.3. The Hall–Kier alpha value is -3.59. The predicted molar refractivity (Wildman–Crippen MR) is 93.2 cm³/mol. The summed E-state index contributed by atoms with van der Waals surface area (Å²) < 4.78 is 37.2. The number of pyridine rings is 1. The molecule has 0 atom stereocenters. The number of carboxylic acids is 1. The quantitative estimate of drug-likeness (QED) is 0.626. The summed E-state index contributed by atoms with van der Waals surface area (Å²) in [5.74, 6) is -2.01. The highest BCUT2D eigenvalue weighted by Gasteiger charge is 2.38. The van der Waals surface area contributed by atoms with Crippen molar-refractivity contribution in [1.82, 2.24) is 15.2 Å².